The number of carbonyl (C=O) groups is 1. The summed E-state index contributed by atoms with van der Waals surface area (Å²) in [6.45, 7) is 0.575. The van der Waals surface area contributed by atoms with Gasteiger partial charge < -0.3 is 15.6 Å². The Morgan fingerprint density at radius 3 is 2.82 bits per heavy atom. The predicted octanol–water partition coefficient (Wildman–Crippen LogP) is 5.05. The van der Waals surface area contributed by atoms with E-state index in [2.05, 4.69) is 35.8 Å². The number of nitrogens with zero attached hydrogens (tertiary/aromatic N) is 3. The monoisotopic (exact) mass is 505 g/mol. The second kappa shape index (κ2) is 8.95. The number of hydrogen-bond donors (Lipinski definition) is 4. The largest absolute Gasteiger partial charge is 0.385 e. The molecule has 1 aromatic carbocycles. The van der Waals surface area contributed by atoms with Gasteiger partial charge in [0.2, 0.25) is 5.91 Å². The molecule has 4 N–H and O–H groups in total. The van der Waals surface area contributed by atoms with Gasteiger partial charge >= 0.3 is 0 Å². The first-order valence-electron chi connectivity index (χ1n) is 12.6. The van der Waals surface area contributed by atoms with E-state index in [1.807, 2.05) is 30.5 Å². The summed E-state index contributed by atoms with van der Waals surface area (Å²) >= 11 is 0. The summed E-state index contributed by atoms with van der Waals surface area (Å²) in [6, 6.07) is 10.6. The van der Waals surface area contributed by atoms with Crippen molar-refractivity contribution in [3.8, 4) is 22.5 Å². The van der Waals surface area contributed by atoms with Gasteiger partial charge in [0.05, 0.1) is 29.6 Å². The number of pyridine rings is 2. The van der Waals surface area contributed by atoms with Gasteiger partial charge in [0.25, 0.3) is 0 Å². The molecule has 0 unspecified atom stereocenters. The maximum absolute atomic E-state index is 13.9. The van der Waals surface area contributed by atoms with E-state index in [-0.39, 0.29) is 17.6 Å². The van der Waals surface area contributed by atoms with Gasteiger partial charge in [0.1, 0.15) is 5.82 Å². The zero-order valence-corrected chi connectivity index (χ0v) is 20.4. The molecule has 7 rings (SSSR count). The molecule has 2 aliphatic rings. The van der Waals surface area contributed by atoms with Crippen molar-refractivity contribution in [1.29, 1.82) is 0 Å². The van der Waals surface area contributed by atoms with Crippen LogP contribution in [0.25, 0.3) is 50.0 Å². The molecule has 188 valence electrons. The maximum atomic E-state index is 13.9. The van der Waals surface area contributed by atoms with Gasteiger partial charge in [-0.2, -0.15) is 5.10 Å². The number of halogens is 1. The van der Waals surface area contributed by atoms with Crippen LogP contribution >= 0.6 is 0 Å². The molecule has 5 aromatic rings. The van der Waals surface area contributed by atoms with Crippen LogP contribution in [0.5, 0.6) is 0 Å². The normalized spacial score (nSPS) is 15.6. The summed E-state index contributed by atoms with van der Waals surface area (Å²) in [7, 11) is 0. The third-order valence-corrected chi connectivity index (χ3v) is 7.33. The van der Waals surface area contributed by atoms with Gasteiger partial charge in [-0.25, -0.2) is 9.37 Å². The lowest BCUT2D eigenvalue weighted by atomic mass is 9.85. The number of aromatic nitrogens is 5. The topological polar surface area (TPSA) is 111 Å². The van der Waals surface area contributed by atoms with Gasteiger partial charge in [-0.1, -0.05) is 18.6 Å². The fourth-order valence-corrected chi connectivity index (χ4v) is 5.06. The average molecular weight is 506 g/mol. The van der Waals surface area contributed by atoms with Crippen molar-refractivity contribution in [2.24, 2.45) is 5.92 Å². The fourth-order valence-electron chi connectivity index (χ4n) is 5.06. The van der Waals surface area contributed by atoms with Gasteiger partial charge in [0.15, 0.2) is 5.65 Å². The number of carbonyl (C=O) groups excluding carboxylic acids is 1. The van der Waals surface area contributed by atoms with E-state index in [9.17, 15) is 9.18 Å². The molecule has 0 radical (unpaired) electrons. The number of benzene rings is 1. The number of allylic oxidation sites excluding steroid dienone is 2. The molecule has 1 aliphatic heterocycles. The Hall–Kier alpha value is -4.79. The number of amides is 1. The molecule has 8 nitrogen and oxygen atoms in total. The van der Waals surface area contributed by atoms with Crippen LogP contribution in [-0.4, -0.2) is 37.6 Å². The predicted molar refractivity (Wildman–Crippen MR) is 144 cm³/mol. The SMILES string of the molecule is O=C(NC1=CC(c2cnc3n[nH]c(-c4cc5c(-c6cccc(F)c6)cncc5[nH]4)c3c2)=CNC1)C1CCC1. The quantitative estimate of drug-likeness (QED) is 0.267. The van der Waals surface area contributed by atoms with Crippen LogP contribution in [0, 0.1) is 11.7 Å². The highest BCUT2D eigenvalue weighted by atomic mass is 19.1. The van der Waals surface area contributed by atoms with E-state index >= 15 is 0 Å². The van der Waals surface area contributed by atoms with Crippen LogP contribution in [0.3, 0.4) is 0 Å². The molecule has 0 saturated heterocycles. The Balaban J connectivity index is 1.24. The van der Waals surface area contributed by atoms with Crippen LogP contribution in [0.4, 0.5) is 4.39 Å². The van der Waals surface area contributed by atoms with E-state index in [1.165, 1.54) is 12.1 Å². The van der Waals surface area contributed by atoms with E-state index in [0.717, 1.165) is 74.9 Å². The summed E-state index contributed by atoms with van der Waals surface area (Å²) in [5.41, 5.74) is 7.33. The molecule has 1 fully saturated rings. The molecule has 1 aliphatic carbocycles. The number of aromatic amines is 2. The van der Waals surface area contributed by atoms with Crippen LogP contribution in [0.1, 0.15) is 24.8 Å². The lowest BCUT2D eigenvalue weighted by Gasteiger charge is -2.25. The zero-order valence-electron chi connectivity index (χ0n) is 20.4. The zero-order chi connectivity index (χ0) is 25.6. The first kappa shape index (κ1) is 22.4. The highest BCUT2D eigenvalue weighted by Crippen LogP contribution is 2.34. The van der Waals surface area contributed by atoms with E-state index in [4.69, 9.17) is 0 Å². The summed E-state index contributed by atoms with van der Waals surface area (Å²) in [5, 5.41) is 15.6. The number of hydrogen-bond acceptors (Lipinski definition) is 5. The van der Waals surface area contributed by atoms with Gasteiger partial charge in [-0.05, 0) is 48.7 Å². The second-order valence-corrected chi connectivity index (χ2v) is 9.80. The molecule has 38 heavy (non-hydrogen) atoms. The Kier molecular flexibility index (Phi) is 5.28. The van der Waals surface area contributed by atoms with Crippen molar-refractivity contribution in [2.45, 2.75) is 19.3 Å². The minimum atomic E-state index is -0.292. The van der Waals surface area contributed by atoms with E-state index in [0.29, 0.717) is 12.2 Å². The molecule has 1 amide bonds. The Morgan fingerprint density at radius 1 is 1.05 bits per heavy atom. The molecule has 0 bridgehead atoms. The molecule has 1 saturated carbocycles. The second-order valence-electron chi connectivity index (χ2n) is 9.80. The summed E-state index contributed by atoms with van der Waals surface area (Å²) in [5.74, 6) is -0.0633. The van der Waals surface area contributed by atoms with Crippen molar-refractivity contribution in [1.82, 2.24) is 35.8 Å². The van der Waals surface area contributed by atoms with Crippen LogP contribution in [0.2, 0.25) is 0 Å². The van der Waals surface area contributed by atoms with E-state index in [1.54, 1.807) is 24.7 Å². The highest BCUT2D eigenvalue weighted by Gasteiger charge is 2.26. The number of rotatable bonds is 5. The molecule has 4 aromatic heterocycles. The van der Waals surface area contributed by atoms with Gasteiger partial charge in [-0.3, -0.25) is 14.9 Å². The summed E-state index contributed by atoms with van der Waals surface area (Å²) in [6.07, 6.45) is 12.3. The van der Waals surface area contributed by atoms with Crippen LogP contribution in [0.15, 0.2) is 73.0 Å². The van der Waals surface area contributed by atoms with E-state index < -0.39 is 0 Å². The van der Waals surface area contributed by atoms with Crippen molar-refractivity contribution in [3.05, 3.63) is 84.3 Å². The third kappa shape index (κ3) is 3.92. The fraction of sp³-hybridized carbons (Fsp3) is 0.172. The van der Waals surface area contributed by atoms with Crippen LogP contribution < -0.4 is 10.6 Å². The third-order valence-electron chi connectivity index (χ3n) is 7.33. The lowest BCUT2D eigenvalue weighted by Crippen LogP contribution is -2.37. The van der Waals surface area contributed by atoms with Gasteiger partial charge in [0, 0.05) is 57.7 Å². The Bertz CT molecular complexity index is 1780. The average Bonchev–Trinajstić information content (AvgIpc) is 3.51. The Labute approximate surface area is 217 Å². The van der Waals surface area contributed by atoms with Crippen molar-refractivity contribution in [3.63, 3.8) is 0 Å². The molecule has 0 atom stereocenters. The smallest absolute Gasteiger partial charge is 0.227 e. The number of dihydropyridines is 1. The van der Waals surface area contributed by atoms with Crippen molar-refractivity contribution >= 4 is 33.4 Å². The standard InChI is InChI=1S/C29H24FN7O/c30-20-6-2-5-17(7-20)24-14-32-15-26-22(24)10-25(35-26)27-23-9-19(12-33-28(23)37-36-27)18-8-21(13-31-11-18)34-29(38)16-3-1-4-16/h2,5-12,14-16,31,35H,1,3-4,13H2,(H,34,38)(H,33,36,37). The first-order chi connectivity index (χ1) is 18.6. The number of H-pyrrole nitrogens is 2. The lowest BCUT2D eigenvalue weighted by molar-refractivity contribution is -0.126. The van der Waals surface area contributed by atoms with Crippen molar-refractivity contribution in [2.75, 3.05) is 6.54 Å². The minimum Gasteiger partial charge on any atom is -0.385 e. The van der Waals surface area contributed by atoms with Gasteiger partial charge in [-0.15, -0.1) is 0 Å². The molecular weight excluding hydrogens is 481 g/mol. The highest BCUT2D eigenvalue weighted by molar-refractivity contribution is 6.00. The minimum absolute atomic E-state index is 0.0992. The first-order valence-corrected chi connectivity index (χ1v) is 12.6. The molecule has 5 heterocycles. The number of fused-ring (bicyclic) bond motifs is 2. The molecular formula is C29H24FN7O. The van der Waals surface area contributed by atoms with Crippen LogP contribution in [-0.2, 0) is 4.79 Å². The molecule has 0 spiro atoms. The molecule has 9 heteroatoms. The van der Waals surface area contributed by atoms with Crippen molar-refractivity contribution < 1.29 is 9.18 Å². The maximum Gasteiger partial charge on any atom is 0.227 e. The summed E-state index contributed by atoms with van der Waals surface area (Å²) in [4.78, 5) is 24.8. The summed E-state index contributed by atoms with van der Waals surface area (Å²) < 4.78 is 13.9. The Morgan fingerprint density at radius 2 is 1.97 bits per heavy atom. The number of nitrogens with one attached hydrogen (secondary N) is 4.